The van der Waals surface area contributed by atoms with Crippen LogP contribution in [-0.4, -0.2) is 30.3 Å². The second-order valence-electron chi connectivity index (χ2n) is 4.31. The number of cyclic esters (lactones) is 3. The van der Waals surface area contributed by atoms with E-state index >= 15 is 0 Å². The molecule has 3 aliphatic rings. The Hall–Kier alpha value is -1.72. The first-order chi connectivity index (χ1) is 7.59. The molecule has 3 rings (SSSR count). The summed E-state index contributed by atoms with van der Waals surface area (Å²) in [5, 5.41) is 0. The molecule has 0 spiro atoms. The lowest BCUT2D eigenvalue weighted by molar-refractivity contribution is -0.167. The lowest BCUT2D eigenvalue weighted by Gasteiger charge is -2.24. The molecule has 3 fully saturated rings. The summed E-state index contributed by atoms with van der Waals surface area (Å²) >= 11 is 0. The summed E-state index contributed by atoms with van der Waals surface area (Å²) in [6.45, 7) is -0.247. The van der Waals surface area contributed by atoms with E-state index in [2.05, 4.69) is 9.47 Å². The first-order valence-corrected chi connectivity index (χ1v) is 5.04. The Bertz CT molecular complexity index is 425. The maximum Gasteiger partial charge on any atom is 0.318 e. The van der Waals surface area contributed by atoms with Gasteiger partial charge < -0.3 is 9.47 Å². The van der Waals surface area contributed by atoms with Gasteiger partial charge in [0, 0.05) is 5.92 Å². The fourth-order valence-corrected chi connectivity index (χ4v) is 2.85. The molecule has 4 atom stereocenters. The molecular formula is C10H8O6. The fourth-order valence-electron chi connectivity index (χ4n) is 2.85. The number of ketones is 1. The van der Waals surface area contributed by atoms with Crippen molar-refractivity contribution in [2.75, 3.05) is 6.61 Å². The highest BCUT2D eigenvalue weighted by molar-refractivity contribution is 6.03. The van der Waals surface area contributed by atoms with Gasteiger partial charge in [0.25, 0.3) is 0 Å². The number of fused-ring (bicyclic) bond motifs is 3. The van der Waals surface area contributed by atoms with Crippen LogP contribution in [0.2, 0.25) is 0 Å². The van der Waals surface area contributed by atoms with Crippen LogP contribution in [0.4, 0.5) is 0 Å². The molecule has 16 heavy (non-hydrogen) atoms. The van der Waals surface area contributed by atoms with Crippen LogP contribution in [0.25, 0.3) is 0 Å². The third kappa shape index (κ3) is 1.01. The van der Waals surface area contributed by atoms with Crippen molar-refractivity contribution >= 4 is 23.7 Å². The molecule has 0 aromatic rings. The maximum atomic E-state index is 11.5. The number of hydrogen-bond acceptors (Lipinski definition) is 6. The number of esters is 3. The van der Waals surface area contributed by atoms with Crippen LogP contribution in [0.15, 0.2) is 0 Å². The molecule has 1 saturated carbocycles. The number of carbonyl (C=O) groups excluding carboxylic acids is 4. The van der Waals surface area contributed by atoms with Crippen LogP contribution in [0.5, 0.6) is 0 Å². The van der Waals surface area contributed by atoms with Gasteiger partial charge in [-0.15, -0.1) is 0 Å². The van der Waals surface area contributed by atoms with Gasteiger partial charge in [-0.2, -0.15) is 0 Å². The topological polar surface area (TPSA) is 86.7 Å². The van der Waals surface area contributed by atoms with Crippen LogP contribution in [0.1, 0.15) is 6.42 Å². The normalized spacial score (nSPS) is 41.5. The quantitative estimate of drug-likeness (QED) is 0.390. The molecular weight excluding hydrogens is 216 g/mol. The summed E-state index contributed by atoms with van der Waals surface area (Å²) in [5.41, 5.74) is 0. The molecule has 2 heterocycles. The average Bonchev–Trinajstić information content (AvgIpc) is 2.74. The van der Waals surface area contributed by atoms with E-state index in [9.17, 15) is 19.2 Å². The predicted octanol–water partition coefficient (Wildman–Crippen LogP) is -0.936. The highest BCUT2D eigenvalue weighted by Crippen LogP contribution is 2.48. The standard InChI is InChI=1S/C10H8O6/c11-5-2-15-9(13)6-3(5)1-4-7(6)10(14)16-8(4)12/h3-4,6-7H,1-2H2. The Kier molecular flexibility index (Phi) is 1.72. The van der Waals surface area contributed by atoms with Gasteiger partial charge in [-0.1, -0.05) is 0 Å². The van der Waals surface area contributed by atoms with Crippen molar-refractivity contribution in [3.05, 3.63) is 0 Å². The number of rotatable bonds is 0. The first kappa shape index (κ1) is 9.50. The monoisotopic (exact) mass is 224 g/mol. The van der Waals surface area contributed by atoms with Crippen LogP contribution in [0.3, 0.4) is 0 Å². The van der Waals surface area contributed by atoms with E-state index in [4.69, 9.17) is 0 Å². The van der Waals surface area contributed by atoms with E-state index in [0.717, 1.165) is 0 Å². The fraction of sp³-hybridized carbons (Fsp3) is 0.600. The number of ether oxygens (including phenoxy) is 2. The van der Waals surface area contributed by atoms with Crippen LogP contribution < -0.4 is 0 Å². The van der Waals surface area contributed by atoms with Crippen LogP contribution in [0, 0.1) is 23.7 Å². The summed E-state index contributed by atoms with van der Waals surface area (Å²) in [6, 6.07) is 0. The van der Waals surface area contributed by atoms with E-state index < -0.39 is 41.6 Å². The zero-order chi connectivity index (χ0) is 11.4. The highest BCUT2D eigenvalue weighted by atomic mass is 16.6. The van der Waals surface area contributed by atoms with E-state index in [0.29, 0.717) is 0 Å². The molecule has 2 aliphatic heterocycles. The summed E-state index contributed by atoms with van der Waals surface area (Å²) in [5.74, 6) is -4.91. The van der Waals surface area contributed by atoms with Crippen LogP contribution in [-0.2, 0) is 28.7 Å². The largest absolute Gasteiger partial charge is 0.457 e. The molecule has 2 saturated heterocycles. The van der Waals surface area contributed by atoms with Crippen molar-refractivity contribution < 1.29 is 28.7 Å². The molecule has 84 valence electrons. The second-order valence-corrected chi connectivity index (χ2v) is 4.31. The van der Waals surface area contributed by atoms with E-state index in [1.807, 2.05) is 0 Å². The van der Waals surface area contributed by atoms with Gasteiger partial charge in [-0.25, -0.2) is 0 Å². The average molecular weight is 224 g/mol. The van der Waals surface area contributed by atoms with E-state index in [-0.39, 0.29) is 18.8 Å². The third-order valence-corrected chi connectivity index (χ3v) is 3.58. The van der Waals surface area contributed by atoms with Gasteiger partial charge in [-0.05, 0) is 6.42 Å². The zero-order valence-electron chi connectivity index (χ0n) is 8.17. The molecule has 0 amide bonds. The van der Waals surface area contributed by atoms with Gasteiger partial charge in [-0.3, -0.25) is 19.2 Å². The molecule has 6 heteroatoms. The minimum atomic E-state index is -0.815. The molecule has 0 radical (unpaired) electrons. The van der Waals surface area contributed by atoms with Gasteiger partial charge in [0.05, 0.1) is 17.8 Å². The lowest BCUT2D eigenvalue weighted by Crippen LogP contribution is -2.40. The first-order valence-electron chi connectivity index (χ1n) is 5.04. The molecule has 0 aromatic carbocycles. The summed E-state index contributed by atoms with van der Waals surface area (Å²) < 4.78 is 9.15. The Morgan fingerprint density at radius 2 is 1.56 bits per heavy atom. The van der Waals surface area contributed by atoms with Crippen molar-refractivity contribution in [1.29, 1.82) is 0 Å². The van der Waals surface area contributed by atoms with Crippen molar-refractivity contribution in [3.8, 4) is 0 Å². The zero-order valence-corrected chi connectivity index (χ0v) is 8.17. The smallest absolute Gasteiger partial charge is 0.318 e. The Balaban J connectivity index is 2.01. The van der Waals surface area contributed by atoms with Gasteiger partial charge in [0.2, 0.25) is 0 Å². The minimum Gasteiger partial charge on any atom is -0.457 e. The second kappa shape index (κ2) is 2.90. The van der Waals surface area contributed by atoms with Crippen molar-refractivity contribution in [1.82, 2.24) is 0 Å². The maximum absolute atomic E-state index is 11.5. The van der Waals surface area contributed by atoms with Crippen molar-refractivity contribution in [2.45, 2.75) is 6.42 Å². The van der Waals surface area contributed by atoms with Gasteiger partial charge >= 0.3 is 17.9 Å². The Morgan fingerprint density at radius 3 is 2.31 bits per heavy atom. The molecule has 4 unspecified atom stereocenters. The SMILES string of the molecule is O=C1COC(=O)C2C1CC1C(=O)OC(=O)C12. The summed E-state index contributed by atoms with van der Waals surface area (Å²) in [6.07, 6.45) is 0.230. The van der Waals surface area contributed by atoms with Crippen molar-refractivity contribution in [3.63, 3.8) is 0 Å². The van der Waals surface area contributed by atoms with Gasteiger partial charge in [0.1, 0.15) is 6.61 Å². The molecule has 0 bridgehead atoms. The Morgan fingerprint density at radius 1 is 0.875 bits per heavy atom. The van der Waals surface area contributed by atoms with E-state index in [1.165, 1.54) is 0 Å². The van der Waals surface area contributed by atoms with Crippen LogP contribution >= 0.6 is 0 Å². The lowest BCUT2D eigenvalue weighted by atomic mass is 9.85. The summed E-state index contributed by atoms with van der Waals surface area (Å²) in [4.78, 5) is 45.8. The molecule has 6 nitrogen and oxygen atoms in total. The molecule has 0 N–H and O–H groups in total. The third-order valence-electron chi connectivity index (χ3n) is 3.58. The Labute approximate surface area is 89.9 Å². The summed E-state index contributed by atoms with van der Waals surface area (Å²) in [7, 11) is 0. The van der Waals surface area contributed by atoms with E-state index in [1.54, 1.807) is 0 Å². The molecule has 1 aliphatic carbocycles. The molecule has 0 aromatic heterocycles. The number of Topliss-reactive ketones (excluding diaryl/α,β-unsaturated/α-hetero) is 1. The predicted molar refractivity (Wildman–Crippen MR) is 45.6 cm³/mol. The number of carbonyl (C=O) groups is 4. The number of hydrogen-bond donors (Lipinski definition) is 0. The highest BCUT2D eigenvalue weighted by Gasteiger charge is 2.62. The van der Waals surface area contributed by atoms with Gasteiger partial charge in [0.15, 0.2) is 5.78 Å². The minimum absolute atomic E-state index is 0.209. The van der Waals surface area contributed by atoms with Crippen molar-refractivity contribution in [2.24, 2.45) is 23.7 Å².